The third-order valence-electron chi connectivity index (χ3n) is 3.34. The number of urea groups is 1. The standard InChI is InChI=1S/C12H22N2O4/c1-3-14(8-9-18-4-2)11(17)13-12(10(15)16)6-5-7-12/h3-9H2,1-2H3,(H,13,17)(H,15,16). The zero-order chi connectivity index (χ0) is 13.6. The van der Waals surface area contributed by atoms with Crippen LogP contribution in [0.5, 0.6) is 0 Å². The smallest absolute Gasteiger partial charge is 0.329 e. The van der Waals surface area contributed by atoms with Gasteiger partial charge in [0.1, 0.15) is 5.54 Å². The van der Waals surface area contributed by atoms with E-state index in [4.69, 9.17) is 9.84 Å². The van der Waals surface area contributed by atoms with Crippen molar-refractivity contribution in [2.45, 2.75) is 38.6 Å². The maximum absolute atomic E-state index is 12.0. The predicted octanol–water partition coefficient (Wildman–Crippen LogP) is 1.06. The van der Waals surface area contributed by atoms with Crippen molar-refractivity contribution in [3.05, 3.63) is 0 Å². The number of nitrogens with zero attached hydrogens (tertiary/aromatic N) is 1. The van der Waals surface area contributed by atoms with Gasteiger partial charge in [0.25, 0.3) is 0 Å². The number of rotatable bonds is 7. The molecule has 104 valence electrons. The lowest BCUT2D eigenvalue weighted by molar-refractivity contribution is -0.148. The summed E-state index contributed by atoms with van der Waals surface area (Å²) in [5, 5.41) is 11.8. The summed E-state index contributed by atoms with van der Waals surface area (Å²) in [4.78, 5) is 24.7. The van der Waals surface area contributed by atoms with Gasteiger partial charge < -0.3 is 20.1 Å². The number of amides is 2. The van der Waals surface area contributed by atoms with Crippen molar-refractivity contribution in [3.63, 3.8) is 0 Å². The largest absolute Gasteiger partial charge is 0.480 e. The van der Waals surface area contributed by atoms with Gasteiger partial charge in [-0.15, -0.1) is 0 Å². The van der Waals surface area contributed by atoms with Crippen LogP contribution in [-0.4, -0.2) is 53.8 Å². The quantitative estimate of drug-likeness (QED) is 0.669. The first kappa shape index (κ1) is 14.8. The lowest BCUT2D eigenvalue weighted by Crippen LogP contribution is -2.61. The van der Waals surface area contributed by atoms with E-state index in [9.17, 15) is 9.59 Å². The van der Waals surface area contributed by atoms with E-state index in [0.717, 1.165) is 6.42 Å². The van der Waals surface area contributed by atoms with Crippen molar-refractivity contribution in [2.24, 2.45) is 0 Å². The SMILES string of the molecule is CCOCCN(CC)C(=O)NC1(C(=O)O)CCC1. The van der Waals surface area contributed by atoms with Gasteiger partial charge in [-0.3, -0.25) is 0 Å². The molecule has 0 bridgehead atoms. The Hall–Kier alpha value is -1.30. The molecule has 2 amide bonds. The van der Waals surface area contributed by atoms with E-state index in [1.165, 1.54) is 0 Å². The van der Waals surface area contributed by atoms with E-state index in [1.54, 1.807) is 4.90 Å². The Labute approximate surface area is 107 Å². The van der Waals surface area contributed by atoms with Gasteiger partial charge in [0.05, 0.1) is 6.61 Å². The van der Waals surface area contributed by atoms with Gasteiger partial charge in [-0.05, 0) is 33.1 Å². The van der Waals surface area contributed by atoms with Gasteiger partial charge in [-0.1, -0.05) is 0 Å². The summed E-state index contributed by atoms with van der Waals surface area (Å²) in [5.41, 5.74) is -1.05. The van der Waals surface area contributed by atoms with Crippen LogP contribution in [0.2, 0.25) is 0 Å². The van der Waals surface area contributed by atoms with E-state index < -0.39 is 11.5 Å². The molecule has 18 heavy (non-hydrogen) atoms. The van der Waals surface area contributed by atoms with Gasteiger partial charge in [0, 0.05) is 19.7 Å². The summed E-state index contributed by atoms with van der Waals surface area (Å²) >= 11 is 0. The van der Waals surface area contributed by atoms with E-state index in [2.05, 4.69) is 5.32 Å². The van der Waals surface area contributed by atoms with E-state index in [1.807, 2.05) is 13.8 Å². The molecule has 0 saturated heterocycles. The third kappa shape index (κ3) is 3.35. The van der Waals surface area contributed by atoms with Crippen LogP contribution in [0.1, 0.15) is 33.1 Å². The fraction of sp³-hybridized carbons (Fsp3) is 0.833. The Morgan fingerprint density at radius 2 is 2.06 bits per heavy atom. The average Bonchev–Trinajstić information content (AvgIpc) is 2.28. The number of carboxylic acid groups (broad SMARTS) is 1. The number of carbonyl (C=O) groups is 2. The van der Waals surface area contributed by atoms with Gasteiger partial charge in [-0.2, -0.15) is 0 Å². The highest BCUT2D eigenvalue weighted by Gasteiger charge is 2.46. The van der Waals surface area contributed by atoms with Crippen LogP contribution in [0, 0.1) is 0 Å². The van der Waals surface area contributed by atoms with Crippen molar-refractivity contribution in [3.8, 4) is 0 Å². The van der Waals surface area contributed by atoms with Crippen LogP contribution in [0.15, 0.2) is 0 Å². The lowest BCUT2D eigenvalue weighted by atomic mass is 9.77. The topological polar surface area (TPSA) is 78.9 Å². The predicted molar refractivity (Wildman–Crippen MR) is 66.5 cm³/mol. The molecule has 0 aliphatic heterocycles. The Bertz CT molecular complexity index is 302. The van der Waals surface area contributed by atoms with Gasteiger partial charge in [-0.25, -0.2) is 9.59 Å². The molecule has 0 aromatic carbocycles. The Balaban J connectivity index is 2.48. The van der Waals surface area contributed by atoms with Crippen LogP contribution in [-0.2, 0) is 9.53 Å². The van der Waals surface area contributed by atoms with E-state index >= 15 is 0 Å². The zero-order valence-corrected chi connectivity index (χ0v) is 11.1. The molecule has 1 rings (SSSR count). The molecule has 0 heterocycles. The van der Waals surface area contributed by atoms with Gasteiger partial charge >= 0.3 is 12.0 Å². The normalized spacial score (nSPS) is 16.8. The van der Waals surface area contributed by atoms with E-state index in [0.29, 0.717) is 39.1 Å². The molecule has 1 fully saturated rings. The van der Waals surface area contributed by atoms with Crippen LogP contribution >= 0.6 is 0 Å². The Kier molecular flexibility index (Phi) is 5.40. The number of aliphatic carboxylic acids is 1. The molecule has 1 saturated carbocycles. The second-order valence-electron chi connectivity index (χ2n) is 4.45. The average molecular weight is 258 g/mol. The number of carbonyl (C=O) groups excluding carboxylic acids is 1. The van der Waals surface area contributed by atoms with Gasteiger partial charge in [0.15, 0.2) is 0 Å². The van der Waals surface area contributed by atoms with Gasteiger partial charge in [0.2, 0.25) is 0 Å². The summed E-state index contributed by atoms with van der Waals surface area (Å²) in [6, 6.07) is -0.320. The second kappa shape index (κ2) is 6.58. The first-order chi connectivity index (χ1) is 8.55. The molecular formula is C12H22N2O4. The maximum Gasteiger partial charge on any atom is 0.329 e. The fourth-order valence-electron chi connectivity index (χ4n) is 1.93. The molecule has 0 atom stereocenters. The van der Waals surface area contributed by atoms with Crippen molar-refractivity contribution < 1.29 is 19.4 Å². The van der Waals surface area contributed by atoms with Crippen molar-refractivity contribution in [2.75, 3.05) is 26.3 Å². The first-order valence-electron chi connectivity index (χ1n) is 6.44. The van der Waals surface area contributed by atoms with Crippen LogP contribution in [0.3, 0.4) is 0 Å². The molecule has 0 aromatic heterocycles. The molecule has 1 aliphatic rings. The van der Waals surface area contributed by atoms with Crippen LogP contribution < -0.4 is 5.32 Å². The first-order valence-corrected chi connectivity index (χ1v) is 6.44. The minimum atomic E-state index is -1.05. The molecule has 6 heteroatoms. The molecular weight excluding hydrogens is 236 g/mol. The molecule has 0 radical (unpaired) electrons. The second-order valence-corrected chi connectivity index (χ2v) is 4.45. The number of carboxylic acids is 1. The monoisotopic (exact) mass is 258 g/mol. The van der Waals surface area contributed by atoms with Crippen LogP contribution in [0.4, 0.5) is 4.79 Å². The number of nitrogens with one attached hydrogen (secondary N) is 1. The summed E-state index contributed by atoms with van der Waals surface area (Å²) in [6.07, 6.45) is 1.87. The Morgan fingerprint density at radius 3 is 2.44 bits per heavy atom. The summed E-state index contributed by atoms with van der Waals surface area (Å²) in [6.45, 7) is 5.85. The zero-order valence-electron chi connectivity index (χ0n) is 11.1. The van der Waals surface area contributed by atoms with E-state index in [-0.39, 0.29) is 6.03 Å². The highest BCUT2D eigenvalue weighted by molar-refractivity contribution is 5.87. The lowest BCUT2D eigenvalue weighted by Gasteiger charge is -2.39. The molecule has 0 aromatic rings. The summed E-state index contributed by atoms with van der Waals surface area (Å²) in [5.74, 6) is -0.942. The summed E-state index contributed by atoms with van der Waals surface area (Å²) < 4.78 is 5.20. The van der Waals surface area contributed by atoms with Crippen molar-refractivity contribution in [1.29, 1.82) is 0 Å². The molecule has 2 N–H and O–H groups in total. The number of hydrogen-bond donors (Lipinski definition) is 2. The maximum atomic E-state index is 12.0. The Morgan fingerprint density at radius 1 is 1.39 bits per heavy atom. The molecule has 1 aliphatic carbocycles. The van der Waals surface area contributed by atoms with Crippen molar-refractivity contribution >= 4 is 12.0 Å². The molecule has 0 unspecified atom stereocenters. The van der Waals surface area contributed by atoms with Crippen LogP contribution in [0.25, 0.3) is 0 Å². The number of ether oxygens (including phenoxy) is 1. The minimum absolute atomic E-state index is 0.320. The summed E-state index contributed by atoms with van der Waals surface area (Å²) in [7, 11) is 0. The number of likely N-dealkylation sites (N-methyl/N-ethyl adjacent to an activating group) is 1. The highest BCUT2D eigenvalue weighted by Crippen LogP contribution is 2.32. The third-order valence-corrected chi connectivity index (χ3v) is 3.34. The number of hydrogen-bond acceptors (Lipinski definition) is 3. The highest BCUT2D eigenvalue weighted by atomic mass is 16.5. The molecule has 0 spiro atoms. The fourth-order valence-corrected chi connectivity index (χ4v) is 1.93. The van der Waals surface area contributed by atoms with Crippen molar-refractivity contribution in [1.82, 2.24) is 10.2 Å². The molecule has 6 nitrogen and oxygen atoms in total. The minimum Gasteiger partial charge on any atom is -0.480 e.